The van der Waals surface area contributed by atoms with Gasteiger partial charge in [-0.2, -0.15) is 4.98 Å². The lowest BCUT2D eigenvalue weighted by molar-refractivity contribution is -0.142. The zero-order valence-electron chi connectivity index (χ0n) is 9.84. The van der Waals surface area contributed by atoms with E-state index in [9.17, 15) is 4.79 Å². The van der Waals surface area contributed by atoms with Gasteiger partial charge in [0.05, 0.1) is 7.11 Å². The Kier molecular flexibility index (Phi) is 3.53. The molecule has 1 aliphatic rings. The predicted molar refractivity (Wildman–Crippen MR) is 59.6 cm³/mol. The third kappa shape index (κ3) is 2.91. The summed E-state index contributed by atoms with van der Waals surface area (Å²) < 4.78 is 10.3. The van der Waals surface area contributed by atoms with E-state index in [0.717, 1.165) is 0 Å². The van der Waals surface area contributed by atoms with Crippen molar-refractivity contribution in [3.8, 4) is 5.88 Å². The van der Waals surface area contributed by atoms with E-state index in [1.54, 1.807) is 19.2 Å². The third-order valence-electron chi connectivity index (χ3n) is 2.61. The minimum absolute atomic E-state index is 0.0617. The van der Waals surface area contributed by atoms with Gasteiger partial charge in [-0.15, -0.1) is 0 Å². The summed E-state index contributed by atoms with van der Waals surface area (Å²) >= 11 is 0. The van der Waals surface area contributed by atoms with Gasteiger partial charge < -0.3 is 14.8 Å². The highest BCUT2D eigenvalue weighted by atomic mass is 16.5. The molecule has 0 bridgehead atoms. The minimum Gasteiger partial charge on any atom is -0.473 e. The second-order valence-electron chi connectivity index (χ2n) is 3.90. The number of nitrogens with zero attached hydrogens (tertiary/aromatic N) is 2. The number of hydrogen-bond donors (Lipinski definition) is 1. The number of rotatable bonds is 3. The molecule has 0 aliphatic carbocycles. The fourth-order valence-electron chi connectivity index (χ4n) is 1.79. The zero-order chi connectivity index (χ0) is 12.3. The summed E-state index contributed by atoms with van der Waals surface area (Å²) in [5, 5.41) is 3.05. The Balaban J connectivity index is 1.92. The molecule has 0 aromatic carbocycles. The first kappa shape index (κ1) is 11.8. The van der Waals surface area contributed by atoms with E-state index in [4.69, 9.17) is 4.74 Å². The zero-order valence-corrected chi connectivity index (χ0v) is 9.84. The Hall–Kier alpha value is -1.69. The highest BCUT2D eigenvalue weighted by Crippen LogP contribution is 2.15. The van der Waals surface area contributed by atoms with E-state index in [0.29, 0.717) is 24.7 Å². The first-order chi connectivity index (χ1) is 8.19. The molecule has 2 atom stereocenters. The van der Waals surface area contributed by atoms with Crippen LogP contribution in [0.15, 0.2) is 12.3 Å². The van der Waals surface area contributed by atoms with Gasteiger partial charge in [0, 0.05) is 25.2 Å². The number of nitrogens with one attached hydrogen (secondary N) is 1. The van der Waals surface area contributed by atoms with Gasteiger partial charge in [-0.3, -0.25) is 4.79 Å². The van der Waals surface area contributed by atoms with Gasteiger partial charge in [-0.25, -0.2) is 4.98 Å². The summed E-state index contributed by atoms with van der Waals surface area (Å²) in [6, 6.07) is 1.42. The van der Waals surface area contributed by atoms with Crippen LogP contribution in [0.5, 0.6) is 5.88 Å². The summed E-state index contributed by atoms with van der Waals surface area (Å²) in [6.07, 6.45) is 2.18. The standard InChI is InChI=1S/C11H15N3O3/c1-7-12-4-3-10(14-7)17-8-5-9(13-6-8)11(15)16-2/h3-4,8-9,13H,5-6H2,1-2H3. The molecule has 6 nitrogen and oxygen atoms in total. The highest BCUT2D eigenvalue weighted by molar-refractivity contribution is 5.76. The molecule has 1 aromatic heterocycles. The Morgan fingerprint density at radius 3 is 3.12 bits per heavy atom. The molecule has 1 fully saturated rings. The number of methoxy groups -OCH3 is 1. The first-order valence-corrected chi connectivity index (χ1v) is 5.46. The fraction of sp³-hybridized carbons (Fsp3) is 0.545. The Morgan fingerprint density at radius 1 is 1.59 bits per heavy atom. The molecule has 1 saturated heterocycles. The number of ether oxygens (including phenoxy) is 2. The summed E-state index contributed by atoms with van der Waals surface area (Å²) in [5.74, 6) is 0.947. The number of aromatic nitrogens is 2. The van der Waals surface area contributed by atoms with Crippen LogP contribution < -0.4 is 10.1 Å². The molecule has 17 heavy (non-hydrogen) atoms. The normalized spacial score (nSPS) is 23.4. The number of carbonyl (C=O) groups excluding carboxylic acids is 1. The Bertz CT molecular complexity index is 411. The van der Waals surface area contributed by atoms with E-state index in [1.807, 2.05) is 0 Å². The van der Waals surface area contributed by atoms with Gasteiger partial charge in [0.15, 0.2) is 0 Å². The monoisotopic (exact) mass is 237 g/mol. The van der Waals surface area contributed by atoms with Gasteiger partial charge >= 0.3 is 5.97 Å². The maximum atomic E-state index is 11.3. The summed E-state index contributed by atoms with van der Waals surface area (Å²) in [4.78, 5) is 19.4. The maximum Gasteiger partial charge on any atom is 0.323 e. The second-order valence-corrected chi connectivity index (χ2v) is 3.90. The van der Waals surface area contributed by atoms with Crippen LogP contribution in [0.1, 0.15) is 12.2 Å². The molecule has 2 unspecified atom stereocenters. The lowest BCUT2D eigenvalue weighted by Crippen LogP contribution is -2.31. The van der Waals surface area contributed by atoms with E-state index in [2.05, 4.69) is 20.0 Å². The van der Waals surface area contributed by atoms with Crippen molar-refractivity contribution in [2.75, 3.05) is 13.7 Å². The van der Waals surface area contributed by atoms with Crippen molar-refractivity contribution in [1.82, 2.24) is 15.3 Å². The molecule has 0 spiro atoms. The van der Waals surface area contributed by atoms with Crippen molar-refractivity contribution in [3.63, 3.8) is 0 Å². The van der Waals surface area contributed by atoms with Crippen LogP contribution >= 0.6 is 0 Å². The highest BCUT2D eigenvalue weighted by Gasteiger charge is 2.31. The van der Waals surface area contributed by atoms with Crippen LogP contribution in [0, 0.1) is 6.92 Å². The van der Waals surface area contributed by atoms with Crippen molar-refractivity contribution in [2.45, 2.75) is 25.5 Å². The predicted octanol–water partition coefficient (Wildman–Crippen LogP) is 0.0673. The SMILES string of the molecule is COC(=O)C1CC(Oc2ccnc(C)n2)CN1. The molecule has 92 valence electrons. The molecule has 2 rings (SSSR count). The van der Waals surface area contributed by atoms with Crippen molar-refractivity contribution in [1.29, 1.82) is 0 Å². The molecule has 1 N–H and O–H groups in total. The Labute approximate surface area is 99.4 Å². The van der Waals surface area contributed by atoms with Crippen molar-refractivity contribution < 1.29 is 14.3 Å². The average Bonchev–Trinajstić information content (AvgIpc) is 2.76. The van der Waals surface area contributed by atoms with Gasteiger partial charge in [-0.1, -0.05) is 0 Å². The average molecular weight is 237 g/mol. The fourth-order valence-corrected chi connectivity index (χ4v) is 1.79. The van der Waals surface area contributed by atoms with E-state index in [1.165, 1.54) is 7.11 Å². The lowest BCUT2D eigenvalue weighted by Gasteiger charge is -2.11. The van der Waals surface area contributed by atoms with Crippen molar-refractivity contribution >= 4 is 5.97 Å². The summed E-state index contributed by atoms with van der Waals surface area (Å²) in [6.45, 7) is 2.42. The molecular formula is C11H15N3O3. The molecule has 0 saturated carbocycles. The number of esters is 1. The largest absolute Gasteiger partial charge is 0.473 e. The van der Waals surface area contributed by atoms with E-state index >= 15 is 0 Å². The van der Waals surface area contributed by atoms with Crippen LogP contribution in [0.3, 0.4) is 0 Å². The number of hydrogen-bond acceptors (Lipinski definition) is 6. The number of carbonyl (C=O) groups is 1. The molecule has 0 radical (unpaired) electrons. The molecule has 2 heterocycles. The first-order valence-electron chi connectivity index (χ1n) is 5.46. The van der Waals surface area contributed by atoms with Gasteiger partial charge in [0.1, 0.15) is 18.0 Å². The van der Waals surface area contributed by atoms with Crippen LogP contribution in [-0.4, -0.2) is 41.7 Å². The van der Waals surface area contributed by atoms with Crippen LogP contribution in [-0.2, 0) is 9.53 Å². The number of aryl methyl sites for hydroxylation is 1. The van der Waals surface area contributed by atoms with Gasteiger partial charge in [-0.05, 0) is 6.92 Å². The lowest BCUT2D eigenvalue weighted by atomic mass is 10.2. The van der Waals surface area contributed by atoms with Crippen molar-refractivity contribution in [2.24, 2.45) is 0 Å². The third-order valence-corrected chi connectivity index (χ3v) is 2.61. The molecular weight excluding hydrogens is 222 g/mol. The summed E-state index contributed by atoms with van der Waals surface area (Å²) in [5.41, 5.74) is 0. The van der Waals surface area contributed by atoms with Gasteiger partial charge in [0.25, 0.3) is 0 Å². The maximum absolute atomic E-state index is 11.3. The quantitative estimate of drug-likeness (QED) is 0.750. The van der Waals surface area contributed by atoms with Crippen LogP contribution in [0.2, 0.25) is 0 Å². The molecule has 1 aliphatic heterocycles. The van der Waals surface area contributed by atoms with Crippen LogP contribution in [0.25, 0.3) is 0 Å². The smallest absolute Gasteiger partial charge is 0.323 e. The molecule has 0 amide bonds. The van der Waals surface area contributed by atoms with E-state index in [-0.39, 0.29) is 18.1 Å². The minimum atomic E-state index is -0.284. The second kappa shape index (κ2) is 5.09. The summed E-state index contributed by atoms with van der Waals surface area (Å²) in [7, 11) is 1.38. The molecule has 1 aromatic rings. The van der Waals surface area contributed by atoms with E-state index < -0.39 is 0 Å². The molecule has 6 heteroatoms. The van der Waals surface area contributed by atoms with Gasteiger partial charge in [0.2, 0.25) is 5.88 Å². The van der Waals surface area contributed by atoms with Crippen molar-refractivity contribution in [3.05, 3.63) is 18.1 Å². The topological polar surface area (TPSA) is 73.3 Å². The van der Waals surface area contributed by atoms with Crippen LogP contribution in [0.4, 0.5) is 0 Å². The Morgan fingerprint density at radius 2 is 2.41 bits per heavy atom.